The fourth-order valence-corrected chi connectivity index (χ4v) is 1.80. The van der Waals surface area contributed by atoms with Crippen molar-refractivity contribution in [2.75, 3.05) is 0 Å². The highest BCUT2D eigenvalue weighted by molar-refractivity contribution is 6.42. The van der Waals surface area contributed by atoms with Gasteiger partial charge in [-0.3, -0.25) is 0 Å². The van der Waals surface area contributed by atoms with Gasteiger partial charge in [0.25, 0.3) is 0 Å². The Bertz CT molecular complexity index is 504. The maximum atomic E-state index is 5.95. The Balaban J connectivity index is 0.000000686. The predicted molar refractivity (Wildman–Crippen MR) is 74.4 cm³/mol. The molecule has 4 heteroatoms. The van der Waals surface area contributed by atoms with Gasteiger partial charge in [0.15, 0.2) is 0 Å². The van der Waals surface area contributed by atoms with E-state index in [1.807, 2.05) is 50.6 Å². The molecule has 1 aromatic carbocycles. The van der Waals surface area contributed by atoms with E-state index in [0.717, 1.165) is 17.1 Å². The number of halogens is 2. The van der Waals surface area contributed by atoms with Gasteiger partial charge in [-0.15, -0.1) is 0 Å². The van der Waals surface area contributed by atoms with E-state index in [4.69, 9.17) is 23.2 Å². The molecule has 0 aliphatic carbocycles. The van der Waals surface area contributed by atoms with Crippen molar-refractivity contribution in [3.8, 4) is 5.69 Å². The highest BCUT2D eigenvalue weighted by Crippen LogP contribution is 2.24. The van der Waals surface area contributed by atoms with Crippen molar-refractivity contribution < 1.29 is 0 Å². The second kappa shape index (κ2) is 6.08. The Morgan fingerprint density at radius 1 is 1.00 bits per heavy atom. The molecule has 2 aromatic rings. The average molecular weight is 271 g/mol. The minimum absolute atomic E-state index is 0.543. The lowest BCUT2D eigenvalue weighted by Crippen LogP contribution is -1.98. The van der Waals surface area contributed by atoms with Crippen LogP contribution >= 0.6 is 23.2 Å². The molecular formula is C13H16Cl2N2. The third kappa shape index (κ3) is 3.24. The van der Waals surface area contributed by atoms with Crippen LogP contribution in [-0.4, -0.2) is 9.78 Å². The Kier molecular flexibility index (Phi) is 5.03. The van der Waals surface area contributed by atoms with Crippen molar-refractivity contribution in [3.63, 3.8) is 0 Å². The molecule has 0 bridgehead atoms. The summed E-state index contributed by atoms with van der Waals surface area (Å²) in [5.74, 6) is 0. The quantitative estimate of drug-likeness (QED) is 0.726. The van der Waals surface area contributed by atoms with Gasteiger partial charge in [-0.05, 0) is 38.1 Å². The van der Waals surface area contributed by atoms with Gasteiger partial charge in [0.2, 0.25) is 0 Å². The van der Waals surface area contributed by atoms with E-state index < -0.39 is 0 Å². The molecule has 1 aromatic heterocycles. The second-order valence-corrected chi connectivity index (χ2v) is 4.25. The molecule has 2 rings (SSSR count). The fourth-order valence-electron chi connectivity index (χ4n) is 1.51. The molecular weight excluding hydrogens is 255 g/mol. The van der Waals surface area contributed by atoms with E-state index in [9.17, 15) is 0 Å². The predicted octanol–water partition coefficient (Wildman–Crippen LogP) is 4.82. The third-order valence-corrected chi connectivity index (χ3v) is 2.90. The van der Waals surface area contributed by atoms with Crippen LogP contribution in [0.25, 0.3) is 5.69 Å². The summed E-state index contributed by atoms with van der Waals surface area (Å²) in [5, 5.41) is 5.47. The standard InChI is InChI=1S/C11H10Cl2N2.C2H6/c1-7-5-8(2)15(14-7)9-3-4-10(12)11(13)6-9;1-2/h3-6H,1-2H3;1-2H3. The van der Waals surface area contributed by atoms with Gasteiger partial charge in [0.1, 0.15) is 0 Å². The number of benzene rings is 1. The lowest BCUT2D eigenvalue weighted by Gasteiger charge is -2.05. The SMILES string of the molecule is CC.Cc1cc(C)n(-c2ccc(Cl)c(Cl)c2)n1. The minimum Gasteiger partial charge on any atom is -0.238 e. The van der Waals surface area contributed by atoms with E-state index in [2.05, 4.69) is 5.10 Å². The molecule has 0 radical (unpaired) electrons. The monoisotopic (exact) mass is 270 g/mol. The summed E-state index contributed by atoms with van der Waals surface area (Å²) < 4.78 is 1.84. The third-order valence-electron chi connectivity index (χ3n) is 2.16. The summed E-state index contributed by atoms with van der Waals surface area (Å²) in [5.41, 5.74) is 2.99. The molecule has 0 amide bonds. The van der Waals surface area contributed by atoms with Gasteiger partial charge in [-0.1, -0.05) is 37.0 Å². The Morgan fingerprint density at radius 2 is 1.65 bits per heavy atom. The van der Waals surface area contributed by atoms with Crippen molar-refractivity contribution in [2.45, 2.75) is 27.7 Å². The largest absolute Gasteiger partial charge is 0.238 e. The number of aryl methyl sites for hydroxylation is 2. The zero-order valence-electron chi connectivity index (χ0n) is 10.5. The van der Waals surface area contributed by atoms with Gasteiger partial charge in [-0.25, -0.2) is 4.68 Å². The summed E-state index contributed by atoms with van der Waals surface area (Å²) in [7, 11) is 0. The van der Waals surface area contributed by atoms with Crippen molar-refractivity contribution in [1.82, 2.24) is 9.78 Å². The summed E-state index contributed by atoms with van der Waals surface area (Å²) in [4.78, 5) is 0. The van der Waals surface area contributed by atoms with E-state index in [-0.39, 0.29) is 0 Å². The van der Waals surface area contributed by atoms with Crippen molar-refractivity contribution in [2.24, 2.45) is 0 Å². The van der Waals surface area contributed by atoms with Gasteiger partial charge in [0.05, 0.1) is 21.4 Å². The zero-order valence-corrected chi connectivity index (χ0v) is 12.0. The number of hydrogen-bond donors (Lipinski definition) is 0. The van der Waals surface area contributed by atoms with Crippen molar-refractivity contribution in [3.05, 3.63) is 45.7 Å². The van der Waals surface area contributed by atoms with E-state index >= 15 is 0 Å². The number of hydrogen-bond acceptors (Lipinski definition) is 1. The van der Waals surface area contributed by atoms with Crippen LogP contribution in [0.2, 0.25) is 10.0 Å². The molecule has 92 valence electrons. The molecule has 0 aliphatic heterocycles. The van der Waals surface area contributed by atoms with Crippen molar-refractivity contribution in [1.29, 1.82) is 0 Å². The van der Waals surface area contributed by atoms with E-state index in [0.29, 0.717) is 10.0 Å². The molecule has 0 saturated heterocycles. The molecule has 0 N–H and O–H groups in total. The van der Waals surface area contributed by atoms with E-state index in [1.165, 1.54) is 0 Å². The lowest BCUT2D eigenvalue weighted by molar-refractivity contribution is 0.834. The highest BCUT2D eigenvalue weighted by Gasteiger charge is 2.05. The van der Waals surface area contributed by atoms with Crippen LogP contribution in [0, 0.1) is 13.8 Å². The topological polar surface area (TPSA) is 17.8 Å². The van der Waals surface area contributed by atoms with E-state index in [1.54, 1.807) is 6.07 Å². The Hall–Kier alpha value is -0.990. The highest BCUT2D eigenvalue weighted by atomic mass is 35.5. The summed E-state index contributed by atoms with van der Waals surface area (Å²) in [6, 6.07) is 7.50. The summed E-state index contributed by atoms with van der Waals surface area (Å²) in [6.45, 7) is 7.96. The van der Waals surface area contributed by atoms with Gasteiger partial charge in [-0.2, -0.15) is 5.10 Å². The number of nitrogens with zero attached hydrogens (tertiary/aromatic N) is 2. The number of rotatable bonds is 1. The molecule has 0 unspecified atom stereocenters. The van der Waals surface area contributed by atoms with Crippen LogP contribution in [0.5, 0.6) is 0 Å². The van der Waals surface area contributed by atoms with Crippen LogP contribution in [0.1, 0.15) is 25.2 Å². The smallest absolute Gasteiger partial charge is 0.0664 e. The Labute approximate surface area is 112 Å². The maximum Gasteiger partial charge on any atom is 0.0664 e. The van der Waals surface area contributed by atoms with Gasteiger partial charge >= 0.3 is 0 Å². The molecule has 1 heterocycles. The fraction of sp³-hybridized carbons (Fsp3) is 0.308. The first kappa shape index (κ1) is 14.1. The van der Waals surface area contributed by atoms with Crippen molar-refractivity contribution >= 4 is 23.2 Å². The lowest BCUT2D eigenvalue weighted by atomic mass is 10.3. The molecule has 0 spiro atoms. The number of aromatic nitrogens is 2. The normalized spacial score (nSPS) is 9.76. The minimum atomic E-state index is 0.543. The molecule has 17 heavy (non-hydrogen) atoms. The maximum absolute atomic E-state index is 5.95. The van der Waals surface area contributed by atoms with Crippen LogP contribution in [0.4, 0.5) is 0 Å². The van der Waals surface area contributed by atoms with Crippen LogP contribution in [0.15, 0.2) is 24.3 Å². The van der Waals surface area contributed by atoms with Crippen LogP contribution < -0.4 is 0 Å². The van der Waals surface area contributed by atoms with Gasteiger partial charge < -0.3 is 0 Å². The first-order valence-electron chi connectivity index (χ1n) is 5.56. The van der Waals surface area contributed by atoms with Gasteiger partial charge in [0, 0.05) is 5.69 Å². The molecule has 0 aliphatic rings. The van der Waals surface area contributed by atoms with Crippen LogP contribution in [-0.2, 0) is 0 Å². The molecule has 2 nitrogen and oxygen atoms in total. The molecule has 0 saturated carbocycles. The second-order valence-electron chi connectivity index (χ2n) is 3.44. The first-order chi connectivity index (χ1) is 8.08. The summed E-state index contributed by atoms with van der Waals surface area (Å²) in [6.07, 6.45) is 0. The Morgan fingerprint density at radius 3 is 2.12 bits per heavy atom. The first-order valence-corrected chi connectivity index (χ1v) is 6.32. The average Bonchev–Trinajstić information content (AvgIpc) is 2.65. The molecule has 0 fully saturated rings. The van der Waals surface area contributed by atoms with Crippen LogP contribution in [0.3, 0.4) is 0 Å². The summed E-state index contributed by atoms with van der Waals surface area (Å²) >= 11 is 11.8. The molecule has 0 atom stereocenters. The zero-order chi connectivity index (χ0) is 13.0.